The lowest BCUT2D eigenvalue weighted by atomic mass is 10.0. The number of hydrogen-bond donors (Lipinski definition) is 1. The predicted molar refractivity (Wildman–Crippen MR) is 56.8 cm³/mol. The standard InChI is InChI=1S/C11H19N3/c1-11(2)7-9(11)10(12)6-8-4-5-14(3)13-8/h4-5,9-10H,6-7,12H2,1-3H3. The van der Waals surface area contributed by atoms with Gasteiger partial charge in [0, 0.05) is 25.7 Å². The van der Waals surface area contributed by atoms with Crippen LogP contribution < -0.4 is 5.73 Å². The van der Waals surface area contributed by atoms with Gasteiger partial charge in [0.05, 0.1) is 5.69 Å². The molecule has 1 aromatic rings. The van der Waals surface area contributed by atoms with E-state index in [-0.39, 0.29) is 6.04 Å². The fraction of sp³-hybridized carbons (Fsp3) is 0.727. The van der Waals surface area contributed by atoms with Crippen LogP contribution in [0.15, 0.2) is 12.3 Å². The topological polar surface area (TPSA) is 43.8 Å². The number of aromatic nitrogens is 2. The number of nitrogens with two attached hydrogens (primary N) is 1. The molecule has 1 fully saturated rings. The molecule has 1 aliphatic rings. The van der Waals surface area contributed by atoms with Gasteiger partial charge in [-0.05, 0) is 23.8 Å². The van der Waals surface area contributed by atoms with Crippen molar-refractivity contribution >= 4 is 0 Å². The van der Waals surface area contributed by atoms with E-state index in [1.54, 1.807) is 0 Å². The monoisotopic (exact) mass is 193 g/mol. The van der Waals surface area contributed by atoms with Gasteiger partial charge >= 0.3 is 0 Å². The quantitative estimate of drug-likeness (QED) is 0.787. The van der Waals surface area contributed by atoms with Crippen molar-refractivity contribution in [2.75, 3.05) is 0 Å². The molecule has 3 heteroatoms. The van der Waals surface area contributed by atoms with Gasteiger partial charge < -0.3 is 5.73 Å². The van der Waals surface area contributed by atoms with Gasteiger partial charge in [-0.3, -0.25) is 4.68 Å². The predicted octanol–water partition coefficient (Wildman–Crippen LogP) is 1.34. The van der Waals surface area contributed by atoms with E-state index >= 15 is 0 Å². The van der Waals surface area contributed by atoms with Crippen molar-refractivity contribution in [1.82, 2.24) is 9.78 Å². The second kappa shape index (κ2) is 3.09. The zero-order valence-electron chi connectivity index (χ0n) is 9.20. The molecule has 2 rings (SSSR count). The lowest BCUT2D eigenvalue weighted by Crippen LogP contribution is -2.27. The van der Waals surface area contributed by atoms with Crippen LogP contribution in [0.25, 0.3) is 0 Å². The van der Waals surface area contributed by atoms with Crippen LogP contribution in [-0.4, -0.2) is 15.8 Å². The van der Waals surface area contributed by atoms with Gasteiger partial charge in [0.2, 0.25) is 0 Å². The van der Waals surface area contributed by atoms with Gasteiger partial charge in [-0.25, -0.2) is 0 Å². The summed E-state index contributed by atoms with van der Waals surface area (Å²) >= 11 is 0. The normalized spacial score (nSPS) is 26.1. The molecule has 0 saturated heterocycles. The first-order chi connectivity index (χ1) is 6.49. The fourth-order valence-electron chi connectivity index (χ4n) is 2.19. The third-order valence-corrected chi connectivity index (χ3v) is 3.32. The highest BCUT2D eigenvalue weighted by Crippen LogP contribution is 2.53. The summed E-state index contributed by atoms with van der Waals surface area (Å²) in [6, 6.07) is 2.33. The van der Waals surface area contributed by atoms with E-state index in [4.69, 9.17) is 5.73 Å². The summed E-state index contributed by atoms with van der Waals surface area (Å²) in [6.45, 7) is 4.58. The molecule has 1 saturated carbocycles. The van der Waals surface area contributed by atoms with Crippen molar-refractivity contribution < 1.29 is 0 Å². The van der Waals surface area contributed by atoms with Crippen LogP contribution in [0.1, 0.15) is 26.0 Å². The third kappa shape index (κ3) is 1.82. The second-order valence-corrected chi connectivity index (χ2v) is 5.15. The molecule has 0 bridgehead atoms. The molecule has 1 aliphatic carbocycles. The van der Waals surface area contributed by atoms with Crippen LogP contribution in [0.2, 0.25) is 0 Å². The molecule has 0 aliphatic heterocycles. The summed E-state index contributed by atoms with van der Waals surface area (Å²) in [6.07, 6.45) is 4.15. The van der Waals surface area contributed by atoms with Crippen molar-refractivity contribution in [2.45, 2.75) is 32.7 Å². The number of hydrogen-bond acceptors (Lipinski definition) is 2. The largest absolute Gasteiger partial charge is 0.327 e. The molecule has 2 atom stereocenters. The molecular weight excluding hydrogens is 174 g/mol. The van der Waals surface area contributed by atoms with Crippen molar-refractivity contribution in [1.29, 1.82) is 0 Å². The molecule has 0 radical (unpaired) electrons. The minimum absolute atomic E-state index is 0.278. The van der Waals surface area contributed by atoms with Crippen molar-refractivity contribution in [2.24, 2.45) is 24.1 Å². The first kappa shape index (κ1) is 9.71. The molecule has 78 valence electrons. The molecule has 0 spiro atoms. The fourth-order valence-corrected chi connectivity index (χ4v) is 2.19. The van der Waals surface area contributed by atoms with Crippen LogP contribution in [0, 0.1) is 11.3 Å². The number of aryl methyl sites for hydroxylation is 1. The summed E-state index contributed by atoms with van der Waals surface area (Å²) in [5, 5.41) is 4.35. The van der Waals surface area contributed by atoms with E-state index in [2.05, 4.69) is 25.0 Å². The Balaban J connectivity index is 1.93. The average molecular weight is 193 g/mol. The second-order valence-electron chi connectivity index (χ2n) is 5.15. The van der Waals surface area contributed by atoms with Crippen LogP contribution in [0.4, 0.5) is 0 Å². The SMILES string of the molecule is Cn1ccc(CC(N)C2CC2(C)C)n1. The van der Waals surface area contributed by atoms with E-state index in [9.17, 15) is 0 Å². The van der Waals surface area contributed by atoms with Gasteiger partial charge in [-0.15, -0.1) is 0 Å². The van der Waals surface area contributed by atoms with Crippen molar-refractivity contribution in [3.05, 3.63) is 18.0 Å². The van der Waals surface area contributed by atoms with E-state index in [1.165, 1.54) is 6.42 Å². The van der Waals surface area contributed by atoms with E-state index in [0.29, 0.717) is 11.3 Å². The first-order valence-electron chi connectivity index (χ1n) is 5.23. The van der Waals surface area contributed by atoms with Crippen LogP contribution in [-0.2, 0) is 13.5 Å². The van der Waals surface area contributed by atoms with Crippen molar-refractivity contribution in [3.8, 4) is 0 Å². The highest BCUT2D eigenvalue weighted by Gasteiger charge is 2.48. The Labute approximate surface area is 85.3 Å². The maximum atomic E-state index is 6.15. The van der Waals surface area contributed by atoms with E-state index in [1.807, 2.05) is 17.9 Å². The van der Waals surface area contributed by atoms with Crippen LogP contribution in [0.5, 0.6) is 0 Å². The molecule has 2 N–H and O–H groups in total. The minimum Gasteiger partial charge on any atom is -0.327 e. The summed E-state index contributed by atoms with van der Waals surface area (Å²) in [5.41, 5.74) is 7.73. The lowest BCUT2D eigenvalue weighted by Gasteiger charge is -2.11. The Morgan fingerprint density at radius 2 is 2.36 bits per heavy atom. The van der Waals surface area contributed by atoms with Gasteiger partial charge in [0.1, 0.15) is 0 Å². The highest BCUT2D eigenvalue weighted by molar-refractivity contribution is 5.07. The smallest absolute Gasteiger partial charge is 0.0640 e. The summed E-state index contributed by atoms with van der Waals surface area (Å²) in [5.74, 6) is 0.685. The number of nitrogens with zero attached hydrogens (tertiary/aromatic N) is 2. The van der Waals surface area contributed by atoms with Gasteiger partial charge in [0.15, 0.2) is 0 Å². The first-order valence-corrected chi connectivity index (χ1v) is 5.23. The van der Waals surface area contributed by atoms with Gasteiger partial charge in [-0.2, -0.15) is 5.10 Å². The molecule has 3 nitrogen and oxygen atoms in total. The Bertz CT molecular complexity index is 327. The summed E-state index contributed by atoms with van der Waals surface area (Å²) in [7, 11) is 1.94. The molecule has 1 heterocycles. The third-order valence-electron chi connectivity index (χ3n) is 3.32. The highest BCUT2D eigenvalue weighted by atomic mass is 15.2. The Kier molecular flexibility index (Phi) is 2.14. The average Bonchev–Trinajstić information content (AvgIpc) is 2.51. The molecule has 0 amide bonds. The van der Waals surface area contributed by atoms with Gasteiger partial charge in [0.25, 0.3) is 0 Å². The van der Waals surface area contributed by atoms with Crippen LogP contribution in [0.3, 0.4) is 0 Å². The zero-order chi connectivity index (χ0) is 10.3. The minimum atomic E-state index is 0.278. The molecule has 1 aromatic heterocycles. The molecule has 2 unspecified atom stereocenters. The Hall–Kier alpha value is -0.830. The Morgan fingerprint density at radius 3 is 2.79 bits per heavy atom. The molecule has 0 aromatic carbocycles. The van der Waals surface area contributed by atoms with Crippen LogP contribution >= 0.6 is 0 Å². The summed E-state index contributed by atoms with van der Waals surface area (Å²) < 4.78 is 1.83. The maximum absolute atomic E-state index is 6.15. The Morgan fingerprint density at radius 1 is 1.71 bits per heavy atom. The molecular formula is C11H19N3. The van der Waals surface area contributed by atoms with Crippen molar-refractivity contribution in [3.63, 3.8) is 0 Å². The zero-order valence-corrected chi connectivity index (χ0v) is 9.20. The maximum Gasteiger partial charge on any atom is 0.0640 e. The lowest BCUT2D eigenvalue weighted by molar-refractivity contribution is 0.472. The number of rotatable bonds is 3. The van der Waals surface area contributed by atoms with E-state index in [0.717, 1.165) is 12.1 Å². The van der Waals surface area contributed by atoms with E-state index < -0.39 is 0 Å². The van der Waals surface area contributed by atoms with Gasteiger partial charge in [-0.1, -0.05) is 13.8 Å². The molecule has 14 heavy (non-hydrogen) atoms. The summed E-state index contributed by atoms with van der Waals surface area (Å²) in [4.78, 5) is 0.